The summed E-state index contributed by atoms with van der Waals surface area (Å²) in [5, 5.41) is 5.78. The Morgan fingerprint density at radius 3 is 2.43 bits per heavy atom. The third-order valence-electron chi connectivity index (χ3n) is 4.85. The number of nitrogens with zero attached hydrogens (tertiary/aromatic N) is 2. The van der Waals surface area contributed by atoms with Gasteiger partial charge in [-0.2, -0.15) is 0 Å². The van der Waals surface area contributed by atoms with Crippen LogP contribution in [0.2, 0.25) is 0 Å². The molecular weight excluding hydrogens is 383 g/mol. The Kier molecular flexibility index (Phi) is 6.61. The molecule has 0 saturated heterocycles. The summed E-state index contributed by atoms with van der Waals surface area (Å²) in [5.41, 5.74) is 2.51. The molecular formula is C23H25FN4O2. The minimum Gasteiger partial charge on any atom is -0.349 e. The molecule has 0 saturated carbocycles. The van der Waals surface area contributed by atoms with Gasteiger partial charge < -0.3 is 15.2 Å². The third kappa shape index (κ3) is 5.31. The van der Waals surface area contributed by atoms with Crippen LogP contribution in [-0.4, -0.2) is 21.4 Å². The molecule has 6 nitrogen and oxygen atoms in total. The summed E-state index contributed by atoms with van der Waals surface area (Å²) >= 11 is 0. The van der Waals surface area contributed by atoms with E-state index in [1.54, 1.807) is 29.1 Å². The van der Waals surface area contributed by atoms with E-state index in [-0.39, 0.29) is 18.2 Å². The van der Waals surface area contributed by atoms with Gasteiger partial charge in [-0.05, 0) is 30.2 Å². The van der Waals surface area contributed by atoms with Crippen molar-refractivity contribution < 1.29 is 14.0 Å². The van der Waals surface area contributed by atoms with Crippen molar-refractivity contribution >= 4 is 11.8 Å². The van der Waals surface area contributed by atoms with Gasteiger partial charge in [-0.1, -0.05) is 42.0 Å². The third-order valence-corrected chi connectivity index (χ3v) is 4.85. The van der Waals surface area contributed by atoms with Gasteiger partial charge in [0.15, 0.2) is 0 Å². The maximum absolute atomic E-state index is 13.8. The number of nitrogens with one attached hydrogen (secondary N) is 2. The highest BCUT2D eigenvalue weighted by Crippen LogP contribution is 2.23. The zero-order chi connectivity index (χ0) is 21.7. The highest BCUT2D eigenvalue weighted by atomic mass is 19.1. The standard InChI is InChI=1S/C23H25FN4O2/c1-15-7-9-17(10-8-15)20(26-16(2)29)14-21(30)27-22(23-25-11-12-28(23)3)18-5-4-6-19(24)13-18/h4-13,20,22H,14H2,1-3H3,(H,26,29)(H,27,30). The molecule has 0 spiro atoms. The van der Waals surface area contributed by atoms with E-state index in [0.29, 0.717) is 11.4 Å². The van der Waals surface area contributed by atoms with Crippen LogP contribution >= 0.6 is 0 Å². The van der Waals surface area contributed by atoms with E-state index in [2.05, 4.69) is 15.6 Å². The van der Waals surface area contributed by atoms with Crippen molar-refractivity contribution in [3.8, 4) is 0 Å². The first-order valence-electron chi connectivity index (χ1n) is 9.69. The number of amides is 2. The molecule has 0 aliphatic carbocycles. The Morgan fingerprint density at radius 1 is 1.10 bits per heavy atom. The van der Waals surface area contributed by atoms with E-state index in [0.717, 1.165) is 11.1 Å². The van der Waals surface area contributed by atoms with Crippen molar-refractivity contribution in [1.29, 1.82) is 0 Å². The number of carbonyl (C=O) groups is 2. The normalized spacial score (nSPS) is 12.8. The minimum absolute atomic E-state index is 0.0406. The van der Waals surface area contributed by atoms with E-state index >= 15 is 0 Å². The van der Waals surface area contributed by atoms with Crippen LogP contribution in [0.4, 0.5) is 4.39 Å². The average Bonchev–Trinajstić information content (AvgIpc) is 3.11. The average molecular weight is 408 g/mol. The molecule has 2 amide bonds. The maximum Gasteiger partial charge on any atom is 0.223 e. The molecule has 0 aliphatic heterocycles. The summed E-state index contributed by atoms with van der Waals surface area (Å²) in [6, 6.07) is 12.6. The van der Waals surface area contributed by atoms with Gasteiger partial charge >= 0.3 is 0 Å². The zero-order valence-electron chi connectivity index (χ0n) is 17.2. The van der Waals surface area contributed by atoms with E-state index in [1.165, 1.54) is 19.1 Å². The fourth-order valence-electron chi connectivity index (χ4n) is 3.34. The van der Waals surface area contributed by atoms with Crippen molar-refractivity contribution in [1.82, 2.24) is 20.2 Å². The van der Waals surface area contributed by atoms with Crippen LogP contribution in [0.15, 0.2) is 60.9 Å². The number of benzene rings is 2. The lowest BCUT2D eigenvalue weighted by Gasteiger charge is -2.22. The van der Waals surface area contributed by atoms with E-state index < -0.39 is 17.9 Å². The van der Waals surface area contributed by atoms with Gasteiger partial charge in [-0.15, -0.1) is 0 Å². The molecule has 0 radical (unpaired) electrons. The van der Waals surface area contributed by atoms with E-state index in [9.17, 15) is 14.0 Å². The first-order chi connectivity index (χ1) is 14.3. The van der Waals surface area contributed by atoms with Crippen LogP contribution < -0.4 is 10.6 Å². The number of aryl methyl sites for hydroxylation is 2. The smallest absolute Gasteiger partial charge is 0.223 e. The first-order valence-corrected chi connectivity index (χ1v) is 9.69. The lowest BCUT2D eigenvalue weighted by Crippen LogP contribution is -2.35. The van der Waals surface area contributed by atoms with Crippen molar-refractivity contribution in [3.05, 3.63) is 89.3 Å². The molecule has 0 aliphatic rings. The van der Waals surface area contributed by atoms with E-state index in [4.69, 9.17) is 0 Å². The number of halogens is 1. The fourth-order valence-corrected chi connectivity index (χ4v) is 3.34. The van der Waals surface area contributed by atoms with Crippen LogP contribution in [0, 0.1) is 12.7 Å². The van der Waals surface area contributed by atoms with Gasteiger partial charge in [0.1, 0.15) is 17.7 Å². The molecule has 30 heavy (non-hydrogen) atoms. The summed E-state index contributed by atoms with van der Waals surface area (Å²) in [4.78, 5) is 29.0. The van der Waals surface area contributed by atoms with Crippen LogP contribution in [0.3, 0.4) is 0 Å². The molecule has 2 unspecified atom stereocenters. The van der Waals surface area contributed by atoms with Gasteiger partial charge in [0.25, 0.3) is 0 Å². The van der Waals surface area contributed by atoms with Gasteiger partial charge in [-0.3, -0.25) is 9.59 Å². The Balaban J connectivity index is 1.84. The summed E-state index contributed by atoms with van der Waals surface area (Å²) in [6.07, 6.45) is 3.43. The Labute approximate surface area is 175 Å². The number of hydrogen-bond donors (Lipinski definition) is 2. The van der Waals surface area contributed by atoms with Gasteiger partial charge in [0, 0.05) is 26.4 Å². The topological polar surface area (TPSA) is 76.0 Å². The molecule has 0 bridgehead atoms. The first kappa shape index (κ1) is 21.2. The predicted octanol–water partition coefficient (Wildman–Crippen LogP) is 3.34. The fraction of sp³-hybridized carbons (Fsp3) is 0.261. The second kappa shape index (κ2) is 9.35. The van der Waals surface area contributed by atoms with Crippen molar-refractivity contribution in [2.75, 3.05) is 0 Å². The van der Waals surface area contributed by atoms with Crippen molar-refractivity contribution in [2.45, 2.75) is 32.4 Å². The predicted molar refractivity (Wildman–Crippen MR) is 112 cm³/mol. The molecule has 156 valence electrons. The number of rotatable bonds is 7. The summed E-state index contributed by atoms with van der Waals surface area (Å²) in [7, 11) is 1.81. The Bertz CT molecular complexity index is 1030. The van der Waals surface area contributed by atoms with Crippen molar-refractivity contribution in [2.24, 2.45) is 7.05 Å². The monoisotopic (exact) mass is 408 g/mol. The van der Waals surface area contributed by atoms with Gasteiger partial charge in [0.2, 0.25) is 11.8 Å². The highest BCUT2D eigenvalue weighted by molar-refractivity contribution is 5.79. The number of hydrogen-bond acceptors (Lipinski definition) is 3. The molecule has 2 atom stereocenters. The molecule has 3 aromatic rings. The second-order valence-corrected chi connectivity index (χ2v) is 7.32. The second-order valence-electron chi connectivity index (χ2n) is 7.32. The SMILES string of the molecule is CC(=O)NC(CC(=O)NC(c1cccc(F)c1)c1nccn1C)c1ccc(C)cc1. The van der Waals surface area contributed by atoms with Crippen LogP contribution in [0.25, 0.3) is 0 Å². The van der Waals surface area contributed by atoms with E-state index in [1.807, 2.05) is 38.2 Å². The number of aromatic nitrogens is 2. The zero-order valence-corrected chi connectivity index (χ0v) is 17.2. The maximum atomic E-state index is 13.8. The lowest BCUT2D eigenvalue weighted by molar-refractivity contribution is -0.123. The van der Waals surface area contributed by atoms with Crippen LogP contribution in [0.1, 0.15) is 47.9 Å². The molecule has 2 aromatic carbocycles. The summed E-state index contributed by atoms with van der Waals surface area (Å²) in [6.45, 7) is 3.39. The summed E-state index contributed by atoms with van der Waals surface area (Å²) in [5.74, 6) is -0.317. The van der Waals surface area contributed by atoms with Gasteiger partial charge in [0.05, 0.1) is 12.5 Å². The van der Waals surface area contributed by atoms with Crippen LogP contribution in [0.5, 0.6) is 0 Å². The molecule has 1 heterocycles. The van der Waals surface area contributed by atoms with Crippen LogP contribution in [-0.2, 0) is 16.6 Å². The lowest BCUT2D eigenvalue weighted by atomic mass is 10.0. The highest BCUT2D eigenvalue weighted by Gasteiger charge is 2.24. The number of carbonyl (C=O) groups excluding carboxylic acids is 2. The Hall–Kier alpha value is -3.48. The minimum atomic E-state index is -0.621. The number of imidazole rings is 1. The van der Waals surface area contributed by atoms with Gasteiger partial charge in [-0.25, -0.2) is 9.37 Å². The largest absolute Gasteiger partial charge is 0.349 e. The summed E-state index contributed by atoms with van der Waals surface area (Å²) < 4.78 is 15.6. The molecule has 1 aromatic heterocycles. The van der Waals surface area contributed by atoms with Crippen molar-refractivity contribution in [3.63, 3.8) is 0 Å². The molecule has 0 fully saturated rings. The quantitative estimate of drug-likeness (QED) is 0.630. The Morgan fingerprint density at radius 2 is 1.83 bits per heavy atom. The molecule has 3 rings (SSSR count). The molecule has 7 heteroatoms. The molecule has 2 N–H and O–H groups in total.